The van der Waals surface area contributed by atoms with E-state index < -0.39 is 0 Å². The SMILES string of the molecule is COc1cccc(-c2ccc(Nc3ccc(CN(C)C)cc3)c(OC)c2)c1. The molecule has 0 aliphatic rings. The lowest BCUT2D eigenvalue weighted by Gasteiger charge is -2.14. The largest absolute Gasteiger partial charge is 0.497 e. The van der Waals surface area contributed by atoms with E-state index in [1.807, 2.05) is 30.3 Å². The van der Waals surface area contributed by atoms with Crippen LogP contribution >= 0.6 is 0 Å². The highest BCUT2D eigenvalue weighted by Gasteiger charge is 2.08. The number of benzene rings is 3. The molecule has 0 unspecified atom stereocenters. The van der Waals surface area contributed by atoms with Crippen molar-refractivity contribution in [3.05, 3.63) is 72.3 Å². The molecule has 140 valence electrons. The lowest BCUT2D eigenvalue weighted by atomic mass is 10.0. The smallest absolute Gasteiger partial charge is 0.142 e. The van der Waals surface area contributed by atoms with E-state index in [1.165, 1.54) is 5.56 Å². The van der Waals surface area contributed by atoms with Crippen molar-refractivity contribution >= 4 is 11.4 Å². The van der Waals surface area contributed by atoms with Crippen LogP contribution in [-0.2, 0) is 6.54 Å². The van der Waals surface area contributed by atoms with Crippen LogP contribution in [0.15, 0.2) is 66.7 Å². The molecule has 3 aromatic rings. The van der Waals surface area contributed by atoms with Gasteiger partial charge in [-0.3, -0.25) is 0 Å². The van der Waals surface area contributed by atoms with Gasteiger partial charge < -0.3 is 19.7 Å². The van der Waals surface area contributed by atoms with Crippen LogP contribution in [-0.4, -0.2) is 33.2 Å². The van der Waals surface area contributed by atoms with Gasteiger partial charge in [-0.15, -0.1) is 0 Å². The molecule has 4 nitrogen and oxygen atoms in total. The molecule has 4 heteroatoms. The van der Waals surface area contributed by atoms with Crippen molar-refractivity contribution < 1.29 is 9.47 Å². The van der Waals surface area contributed by atoms with Gasteiger partial charge >= 0.3 is 0 Å². The van der Waals surface area contributed by atoms with Crippen LogP contribution in [0, 0.1) is 0 Å². The molecule has 0 saturated heterocycles. The maximum Gasteiger partial charge on any atom is 0.142 e. The van der Waals surface area contributed by atoms with Crippen molar-refractivity contribution in [1.82, 2.24) is 4.90 Å². The number of hydrogen-bond acceptors (Lipinski definition) is 4. The Morgan fingerprint density at radius 1 is 0.815 bits per heavy atom. The van der Waals surface area contributed by atoms with Gasteiger partial charge in [0.05, 0.1) is 19.9 Å². The Bertz CT molecular complexity index is 889. The first-order chi connectivity index (χ1) is 13.1. The fourth-order valence-electron chi connectivity index (χ4n) is 2.99. The van der Waals surface area contributed by atoms with Gasteiger partial charge in [0.15, 0.2) is 0 Å². The van der Waals surface area contributed by atoms with Gasteiger partial charge in [-0.25, -0.2) is 0 Å². The molecule has 0 atom stereocenters. The van der Waals surface area contributed by atoms with Crippen LogP contribution in [0.1, 0.15) is 5.56 Å². The molecule has 0 bridgehead atoms. The summed E-state index contributed by atoms with van der Waals surface area (Å²) in [5.41, 5.74) is 5.42. The minimum Gasteiger partial charge on any atom is -0.497 e. The predicted octanol–water partition coefficient (Wildman–Crippen LogP) is 5.18. The molecule has 3 aromatic carbocycles. The van der Waals surface area contributed by atoms with Gasteiger partial charge in [0.25, 0.3) is 0 Å². The number of methoxy groups -OCH3 is 2. The average Bonchev–Trinajstić information content (AvgIpc) is 2.69. The average molecular weight is 362 g/mol. The second kappa shape index (κ2) is 8.60. The molecule has 0 fully saturated rings. The Hall–Kier alpha value is -2.98. The quantitative estimate of drug-likeness (QED) is 0.628. The Labute approximate surface area is 161 Å². The number of nitrogens with zero attached hydrogens (tertiary/aromatic N) is 1. The van der Waals surface area contributed by atoms with Crippen molar-refractivity contribution in [2.24, 2.45) is 0 Å². The van der Waals surface area contributed by atoms with Gasteiger partial charge in [-0.05, 0) is 67.2 Å². The summed E-state index contributed by atoms with van der Waals surface area (Å²) in [6, 6.07) is 22.6. The van der Waals surface area contributed by atoms with Crippen LogP contribution < -0.4 is 14.8 Å². The van der Waals surface area contributed by atoms with Crippen LogP contribution in [0.3, 0.4) is 0 Å². The third-order valence-corrected chi connectivity index (χ3v) is 4.34. The van der Waals surface area contributed by atoms with Crippen molar-refractivity contribution in [2.75, 3.05) is 33.6 Å². The van der Waals surface area contributed by atoms with E-state index in [2.05, 4.69) is 60.7 Å². The zero-order chi connectivity index (χ0) is 19.2. The molecule has 0 spiro atoms. The molecule has 0 heterocycles. The summed E-state index contributed by atoms with van der Waals surface area (Å²) >= 11 is 0. The molecular formula is C23H26N2O2. The van der Waals surface area contributed by atoms with Gasteiger partial charge in [-0.1, -0.05) is 30.3 Å². The summed E-state index contributed by atoms with van der Waals surface area (Å²) in [6.07, 6.45) is 0. The fourth-order valence-corrected chi connectivity index (χ4v) is 2.99. The molecule has 0 amide bonds. The Morgan fingerprint density at radius 3 is 2.22 bits per heavy atom. The lowest BCUT2D eigenvalue weighted by Crippen LogP contribution is -2.10. The molecular weight excluding hydrogens is 336 g/mol. The maximum absolute atomic E-state index is 5.61. The summed E-state index contributed by atoms with van der Waals surface area (Å²) in [6.45, 7) is 0.929. The van der Waals surface area contributed by atoms with Crippen molar-refractivity contribution in [2.45, 2.75) is 6.54 Å². The molecule has 0 aromatic heterocycles. The van der Waals surface area contributed by atoms with Crippen molar-refractivity contribution in [3.63, 3.8) is 0 Å². The number of rotatable bonds is 7. The molecule has 0 aliphatic carbocycles. The molecule has 27 heavy (non-hydrogen) atoms. The van der Waals surface area contributed by atoms with E-state index in [0.29, 0.717) is 0 Å². The number of hydrogen-bond donors (Lipinski definition) is 1. The first-order valence-electron chi connectivity index (χ1n) is 8.92. The third-order valence-electron chi connectivity index (χ3n) is 4.34. The van der Waals surface area contributed by atoms with E-state index in [9.17, 15) is 0 Å². The van der Waals surface area contributed by atoms with Crippen LogP contribution in [0.2, 0.25) is 0 Å². The minimum atomic E-state index is 0.799. The van der Waals surface area contributed by atoms with E-state index in [1.54, 1.807) is 14.2 Å². The van der Waals surface area contributed by atoms with Crippen molar-refractivity contribution in [1.29, 1.82) is 0 Å². The topological polar surface area (TPSA) is 33.7 Å². The standard InChI is InChI=1S/C23H26N2O2/c1-25(2)16-17-8-11-20(12-9-17)24-22-13-10-19(15-23(22)27-4)18-6-5-7-21(14-18)26-3/h5-15,24H,16H2,1-4H3. The van der Waals surface area contributed by atoms with Crippen LogP contribution in [0.5, 0.6) is 11.5 Å². The van der Waals surface area contributed by atoms with E-state index in [4.69, 9.17) is 9.47 Å². The van der Waals surface area contributed by atoms with Gasteiger partial charge in [-0.2, -0.15) is 0 Å². The lowest BCUT2D eigenvalue weighted by molar-refractivity contribution is 0.402. The summed E-state index contributed by atoms with van der Waals surface area (Å²) in [4.78, 5) is 2.16. The molecule has 3 rings (SSSR count). The van der Waals surface area contributed by atoms with E-state index in [0.717, 1.165) is 40.5 Å². The summed E-state index contributed by atoms with van der Waals surface area (Å²) in [5.74, 6) is 1.64. The Morgan fingerprint density at radius 2 is 1.56 bits per heavy atom. The summed E-state index contributed by atoms with van der Waals surface area (Å²) in [7, 11) is 7.51. The van der Waals surface area contributed by atoms with E-state index in [-0.39, 0.29) is 0 Å². The number of ether oxygens (including phenoxy) is 2. The zero-order valence-corrected chi connectivity index (χ0v) is 16.3. The second-order valence-corrected chi connectivity index (χ2v) is 6.71. The van der Waals surface area contributed by atoms with Gasteiger partial charge in [0.2, 0.25) is 0 Å². The highest BCUT2D eigenvalue weighted by Crippen LogP contribution is 2.33. The molecule has 1 N–H and O–H groups in total. The fraction of sp³-hybridized carbons (Fsp3) is 0.217. The Kier molecular flexibility index (Phi) is 5.99. The minimum absolute atomic E-state index is 0.799. The summed E-state index contributed by atoms with van der Waals surface area (Å²) < 4.78 is 10.9. The highest BCUT2D eigenvalue weighted by molar-refractivity contribution is 5.74. The Balaban J connectivity index is 1.82. The first-order valence-corrected chi connectivity index (χ1v) is 8.92. The highest BCUT2D eigenvalue weighted by atomic mass is 16.5. The number of nitrogens with one attached hydrogen (secondary N) is 1. The van der Waals surface area contributed by atoms with Crippen LogP contribution in [0.4, 0.5) is 11.4 Å². The molecule has 0 radical (unpaired) electrons. The van der Waals surface area contributed by atoms with Gasteiger partial charge in [0.1, 0.15) is 11.5 Å². The third kappa shape index (κ3) is 4.80. The first kappa shape index (κ1) is 18.8. The van der Waals surface area contributed by atoms with Crippen molar-refractivity contribution in [3.8, 4) is 22.6 Å². The molecule has 0 aliphatic heterocycles. The monoisotopic (exact) mass is 362 g/mol. The van der Waals surface area contributed by atoms with Crippen LogP contribution in [0.25, 0.3) is 11.1 Å². The predicted molar refractivity (Wildman–Crippen MR) is 112 cm³/mol. The van der Waals surface area contributed by atoms with Gasteiger partial charge in [0, 0.05) is 12.2 Å². The molecule has 0 saturated carbocycles. The zero-order valence-electron chi connectivity index (χ0n) is 16.3. The van der Waals surface area contributed by atoms with E-state index >= 15 is 0 Å². The number of anilines is 2. The maximum atomic E-state index is 5.61. The second-order valence-electron chi connectivity index (χ2n) is 6.71. The normalized spacial score (nSPS) is 10.7. The summed E-state index contributed by atoms with van der Waals surface area (Å²) in [5, 5.41) is 3.44.